The molecule has 0 aliphatic rings. The maximum Gasteiger partial charge on any atom is 0.357 e. The van der Waals surface area contributed by atoms with Gasteiger partial charge in [-0.2, -0.15) is 0 Å². The molecule has 0 aliphatic carbocycles. The summed E-state index contributed by atoms with van der Waals surface area (Å²) in [7, 11) is 2.59. The van der Waals surface area contributed by atoms with Crippen molar-refractivity contribution >= 4 is 29.3 Å². The van der Waals surface area contributed by atoms with Gasteiger partial charge in [0, 0.05) is 5.56 Å². The van der Waals surface area contributed by atoms with Crippen LogP contribution in [0.4, 0.5) is 4.39 Å². The Morgan fingerprint density at radius 2 is 1.85 bits per heavy atom. The molecule has 27 heavy (non-hydrogen) atoms. The average Bonchev–Trinajstić information content (AvgIpc) is 2.67. The maximum atomic E-state index is 14.6. The van der Waals surface area contributed by atoms with Gasteiger partial charge < -0.3 is 9.47 Å². The summed E-state index contributed by atoms with van der Waals surface area (Å²) < 4.78 is 24.4. The first-order valence-electron chi connectivity index (χ1n) is 8.45. The highest BCUT2D eigenvalue weighted by Gasteiger charge is 2.23. The zero-order valence-electron chi connectivity index (χ0n) is 16.4. The fraction of sp³-hybridized carbons (Fsp3) is 0.421. The average molecular weight is 415 g/mol. The number of hydrogen-bond acceptors (Lipinski definition) is 6. The van der Waals surface area contributed by atoms with E-state index in [2.05, 4.69) is 23.8 Å². The van der Waals surface area contributed by atoms with Crippen LogP contribution in [0.5, 0.6) is 5.75 Å². The first kappa shape index (κ1) is 23.2. The molecule has 5 nitrogen and oxygen atoms in total. The summed E-state index contributed by atoms with van der Waals surface area (Å²) in [5.74, 6) is -1.30. The first-order chi connectivity index (χ1) is 12.9. The highest BCUT2D eigenvalue weighted by Crippen LogP contribution is 2.35. The van der Waals surface area contributed by atoms with Gasteiger partial charge in [-0.3, -0.25) is 0 Å². The van der Waals surface area contributed by atoms with Crippen molar-refractivity contribution in [1.29, 1.82) is 0 Å². The number of nitrogens with zero attached hydrogens (tertiary/aromatic N) is 2. The molecule has 0 aliphatic heterocycles. The second kappa shape index (κ2) is 11.1. The Hall–Kier alpha value is -1.86. The molecular formula is C19H24ClFN2O3S. The van der Waals surface area contributed by atoms with Gasteiger partial charge in [0.1, 0.15) is 5.03 Å². The van der Waals surface area contributed by atoms with Gasteiger partial charge in [0.15, 0.2) is 23.1 Å². The van der Waals surface area contributed by atoms with Gasteiger partial charge in [-0.25, -0.2) is 19.2 Å². The highest BCUT2D eigenvalue weighted by atomic mass is 35.5. The number of halogens is 2. The lowest BCUT2D eigenvalue weighted by atomic mass is 10.1. The predicted molar refractivity (Wildman–Crippen MR) is 107 cm³/mol. The van der Waals surface area contributed by atoms with E-state index in [1.807, 2.05) is 13.2 Å². The number of thioether (sulfide) groups is 1. The zero-order valence-corrected chi connectivity index (χ0v) is 17.9. The van der Waals surface area contributed by atoms with Gasteiger partial charge in [0.2, 0.25) is 0 Å². The van der Waals surface area contributed by atoms with Gasteiger partial charge in [0.25, 0.3) is 0 Å². The zero-order chi connectivity index (χ0) is 20.6. The minimum Gasteiger partial charge on any atom is -0.492 e. The van der Waals surface area contributed by atoms with E-state index >= 15 is 0 Å². The Bertz CT molecular complexity index is 803. The van der Waals surface area contributed by atoms with Crippen LogP contribution >= 0.6 is 23.4 Å². The Balaban J connectivity index is 0.00000114. The normalized spacial score (nSPS) is 10.1. The van der Waals surface area contributed by atoms with Gasteiger partial charge in [-0.05, 0) is 24.8 Å². The third-order valence-electron chi connectivity index (χ3n) is 3.39. The number of carbonyl (C=O) groups excluding carboxylic acids is 1. The molecule has 2 aromatic rings. The Kier molecular flexibility index (Phi) is 9.52. The molecular weight excluding hydrogens is 391 g/mol. The molecule has 2 rings (SSSR count). The van der Waals surface area contributed by atoms with Crippen LogP contribution in [0, 0.1) is 5.82 Å². The van der Waals surface area contributed by atoms with E-state index in [-0.39, 0.29) is 27.9 Å². The minimum atomic E-state index is -0.683. The summed E-state index contributed by atoms with van der Waals surface area (Å²) >= 11 is 7.27. The van der Waals surface area contributed by atoms with E-state index in [4.69, 9.17) is 21.1 Å². The number of methoxy groups -OCH3 is 2. The fourth-order valence-electron chi connectivity index (χ4n) is 2.23. The molecule has 0 amide bonds. The molecule has 0 N–H and O–H groups in total. The van der Waals surface area contributed by atoms with Crippen LogP contribution in [0.3, 0.4) is 0 Å². The maximum absolute atomic E-state index is 14.6. The Morgan fingerprint density at radius 3 is 2.33 bits per heavy atom. The van der Waals surface area contributed by atoms with Crippen LogP contribution in [-0.4, -0.2) is 36.4 Å². The number of carbonyl (C=O) groups is 1. The number of ether oxygens (including phenoxy) is 2. The van der Waals surface area contributed by atoms with Crippen molar-refractivity contribution in [2.75, 3.05) is 20.5 Å². The fourth-order valence-corrected chi connectivity index (χ4v) is 3.12. The van der Waals surface area contributed by atoms with Crippen LogP contribution in [-0.2, 0) is 11.2 Å². The molecule has 1 aromatic heterocycles. The van der Waals surface area contributed by atoms with Crippen LogP contribution in [0.1, 0.15) is 43.2 Å². The van der Waals surface area contributed by atoms with Gasteiger partial charge in [0.05, 0.1) is 24.8 Å². The molecule has 8 heteroatoms. The summed E-state index contributed by atoms with van der Waals surface area (Å²) in [5, 5.41) is 0.735. The molecule has 0 saturated heterocycles. The van der Waals surface area contributed by atoms with Crippen molar-refractivity contribution in [2.24, 2.45) is 0 Å². The number of hydrogen-bond donors (Lipinski definition) is 0. The highest BCUT2D eigenvalue weighted by molar-refractivity contribution is 7.98. The summed E-state index contributed by atoms with van der Waals surface area (Å²) in [6.45, 7) is 6.14. The van der Waals surface area contributed by atoms with E-state index in [0.29, 0.717) is 17.0 Å². The van der Waals surface area contributed by atoms with E-state index in [0.717, 1.165) is 0 Å². The smallest absolute Gasteiger partial charge is 0.357 e. The van der Waals surface area contributed by atoms with Crippen LogP contribution in [0.25, 0.3) is 11.4 Å². The van der Waals surface area contributed by atoms with Crippen LogP contribution in [0.15, 0.2) is 17.2 Å². The van der Waals surface area contributed by atoms with Gasteiger partial charge in [-0.1, -0.05) is 38.8 Å². The molecule has 0 unspecified atom stereocenters. The number of benzene rings is 1. The molecule has 0 saturated carbocycles. The Morgan fingerprint density at radius 1 is 1.22 bits per heavy atom. The summed E-state index contributed by atoms with van der Waals surface area (Å²) in [6.07, 6.45) is 3.62. The lowest BCUT2D eigenvalue weighted by Gasteiger charge is -2.13. The van der Waals surface area contributed by atoms with Crippen molar-refractivity contribution < 1.29 is 18.7 Å². The third-order valence-corrected chi connectivity index (χ3v) is 4.41. The first-order valence-corrected chi connectivity index (χ1v) is 10.1. The van der Waals surface area contributed by atoms with E-state index in [1.54, 1.807) is 0 Å². The van der Waals surface area contributed by atoms with E-state index in [1.165, 1.54) is 44.5 Å². The standard InChI is InChI=1S/C16H16ClFN2O3S.C3H8/c1-5-8-12(16(21)23-3)19-14(20-15(8)24-4)9-6-7-10(17)13(22-2)11(9)18;1-3-2/h6-7H,5H2,1-4H3;3H2,1-2H3. The summed E-state index contributed by atoms with van der Waals surface area (Å²) in [4.78, 5) is 20.6. The van der Waals surface area contributed by atoms with E-state index in [9.17, 15) is 9.18 Å². The van der Waals surface area contributed by atoms with Crippen LogP contribution < -0.4 is 4.74 Å². The van der Waals surface area contributed by atoms with Gasteiger partial charge >= 0.3 is 5.97 Å². The molecule has 0 bridgehead atoms. The second-order valence-electron chi connectivity index (χ2n) is 5.38. The van der Waals surface area contributed by atoms with Crippen LogP contribution in [0.2, 0.25) is 5.02 Å². The molecule has 0 atom stereocenters. The van der Waals surface area contributed by atoms with Crippen molar-refractivity contribution in [3.05, 3.63) is 34.2 Å². The van der Waals surface area contributed by atoms with Crippen molar-refractivity contribution in [3.63, 3.8) is 0 Å². The lowest BCUT2D eigenvalue weighted by Crippen LogP contribution is -2.12. The molecule has 1 heterocycles. The Labute approximate surface area is 168 Å². The third kappa shape index (κ3) is 5.32. The number of rotatable bonds is 5. The number of esters is 1. The SMILES string of the molecule is CCC.CCc1c(SC)nc(-c2ccc(Cl)c(OC)c2F)nc1C(=O)OC. The van der Waals surface area contributed by atoms with Gasteiger partial charge in [-0.15, -0.1) is 11.8 Å². The molecule has 0 radical (unpaired) electrons. The van der Waals surface area contributed by atoms with Crippen molar-refractivity contribution in [1.82, 2.24) is 9.97 Å². The molecule has 0 spiro atoms. The molecule has 1 aromatic carbocycles. The molecule has 148 valence electrons. The van der Waals surface area contributed by atoms with Crippen molar-refractivity contribution in [3.8, 4) is 17.1 Å². The predicted octanol–water partition coefficient (Wildman–Crippen LogP) is 5.43. The molecule has 0 fully saturated rings. The summed E-state index contributed by atoms with van der Waals surface area (Å²) in [5.41, 5.74) is 0.890. The lowest BCUT2D eigenvalue weighted by molar-refractivity contribution is 0.0592. The monoisotopic (exact) mass is 414 g/mol. The minimum absolute atomic E-state index is 0.0735. The summed E-state index contributed by atoms with van der Waals surface area (Å²) in [6, 6.07) is 2.94. The second-order valence-corrected chi connectivity index (χ2v) is 6.58. The largest absolute Gasteiger partial charge is 0.492 e. The number of aromatic nitrogens is 2. The van der Waals surface area contributed by atoms with Crippen molar-refractivity contribution in [2.45, 2.75) is 38.6 Å². The topological polar surface area (TPSA) is 61.3 Å². The quantitative estimate of drug-likeness (QED) is 0.369. The van der Waals surface area contributed by atoms with E-state index < -0.39 is 11.8 Å².